The van der Waals surface area contributed by atoms with Gasteiger partial charge in [0.05, 0.1) is 0 Å². The lowest BCUT2D eigenvalue weighted by Crippen LogP contribution is -2.32. The molecule has 6 nitrogen and oxygen atoms in total. The van der Waals surface area contributed by atoms with E-state index >= 15 is 0 Å². The number of benzene rings is 2. The number of nitrogens with zero attached hydrogens (tertiary/aromatic N) is 3. The van der Waals surface area contributed by atoms with Crippen LogP contribution in [0.25, 0.3) is 10.9 Å². The molecule has 0 spiro atoms. The van der Waals surface area contributed by atoms with Crippen molar-refractivity contribution in [3.05, 3.63) is 54.7 Å². The van der Waals surface area contributed by atoms with E-state index in [1.807, 2.05) is 24.3 Å². The molecule has 4 rings (SSSR count). The predicted molar refractivity (Wildman–Crippen MR) is 130 cm³/mol. The van der Waals surface area contributed by atoms with Crippen LogP contribution in [0.4, 0.5) is 21.9 Å². The first-order valence-corrected chi connectivity index (χ1v) is 11.1. The first-order valence-electron chi connectivity index (χ1n) is 11.1. The summed E-state index contributed by atoms with van der Waals surface area (Å²) >= 11 is 0. The lowest BCUT2D eigenvalue weighted by molar-refractivity contribution is 0.262. The molecule has 0 radical (unpaired) electrons. The molecule has 2 amide bonds. The highest BCUT2D eigenvalue weighted by molar-refractivity contribution is 6.01. The number of likely N-dealkylation sites (N-methyl/N-ethyl adjacent to an activating group) is 1. The number of carbonyl (C=O) groups is 1. The Kier molecular flexibility index (Phi) is 6.18. The van der Waals surface area contributed by atoms with E-state index in [9.17, 15) is 4.79 Å². The van der Waals surface area contributed by atoms with Crippen molar-refractivity contribution in [2.24, 2.45) is 0 Å². The lowest BCUT2D eigenvalue weighted by Gasteiger charge is -2.28. The number of rotatable bonds is 6. The Bertz CT molecular complexity index is 1030. The monoisotopic (exact) mass is 419 g/mol. The first-order chi connectivity index (χ1) is 14.9. The van der Waals surface area contributed by atoms with Gasteiger partial charge in [-0.1, -0.05) is 0 Å². The van der Waals surface area contributed by atoms with Crippen molar-refractivity contribution in [3.8, 4) is 0 Å². The van der Waals surface area contributed by atoms with Gasteiger partial charge in [0.15, 0.2) is 0 Å². The van der Waals surface area contributed by atoms with E-state index < -0.39 is 0 Å². The summed E-state index contributed by atoms with van der Waals surface area (Å²) in [5, 5.41) is 7.01. The van der Waals surface area contributed by atoms with Crippen molar-refractivity contribution in [3.63, 3.8) is 0 Å². The summed E-state index contributed by atoms with van der Waals surface area (Å²) in [5.74, 6) is 0. The summed E-state index contributed by atoms with van der Waals surface area (Å²) in [4.78, 5) is 17.1. The minimum atomic E-state index is -0.234. The van der Waals surface area contributed by atoms with Crippen LogP contribution in [0.1, 0.15) is 26.7 Å². The van der Waals surface area contributed by atoms with Gasteiger partial charge in [-0.05, 0) is 89.3 Å². The SMILES string of the molecule is CC1CCC(C)N1c1ccc(NC(=O)Nc2ccc3c(ccn3CCN(C)C)c2)cc1. The average Bonchev–Trinajstić information content (AvgIpc) is 3.29. The molecule has 2 N–H and O–H groups in total. The molecule has 2 atom stereocenters. The van der Waals surface area contributed by atoms with Crippen LogP contribution in [-0.2, 0) is 6.54 Å². The zero-order valence-corrected chi connectivity index (χ0v) is 18.9. The predicted octanol–water partition coefficient (Wildman–Crippen LogP) is 5.22. The number of hydrogen-bond donors (Lipinski definition) is 2. The van der Waals surface area contributed by atoms with Crippen molar-refractivity contribution in [2.45, 2.75) is 45.3 Å². The summed E-state index contributed by atoms with van der Waals surface area (Å²) in [6, 6.07) is 17.1. The molecular weight excluding hydrogens is 386 g/mol. The zero-order chi connectivity index (χ0) is 22.0. The molecule has 2 aromatic carbocycles. The van der Waals surface area contributed by atoms with Crippen molar-refractivity contribution >= 4 is 34.0 Å². The smallest absolute Gasteiger partial charge is 0.323 e. The molecule has 1 aliphatic rings. The second-order valence-corrected chi connectivity index (χ2v) is 8.89. The zero-order valence-electron chi connectivity index (χ0n) is 18.9. The van der Waals surface area contributed by atoms with E-state index in [2.05, 4.69) is 83.4 Å². The first kappa shape index (κ1) is 21.2. The Morgan fingerprint density at radius 3 is 2.29 bits per heavy atom. The van der Waals surface area contributed by atoms with E-state index in [4.69, 9.17) is 0 Å². The number of hydrogen-bond acceptors (Lipinski definition) is 3. The Balaban J connectivity index is 1.37. The van der Waals surface area contributed by atoms with E-state index in [0.717, 1.165) is 29.9 Å². The van der Waals surface area contributed by atoms with Crippen molar-refractivity contribution in [1.82, 2.24) is 9.47 Å². The highest BCUT2D eigenvalue weighted by Crippen LogP contribution is 2.31. The summed E-state index contributed by atoms with van der Waals surface area (Å²) in [5.41, 5.74) is 3.96. The van der Waals surface area contributed by atoms with E-state index in [0.29, 0.717) is 12.1 Å². The van der Waals surface area contributed by atoms with Gasteiger partial charge in [-0.25, -0.2) is 4.79 Å². The van der Waals surface area contributed by atoms with Gasteiger partial charge in [-0.15, -0.1) is 0 Å². The van der Waals surface area contributed by atoms with Gasteiger partial charge in [0.2, 0.25) is 0 Å². The Morgan fingerprint density at radius 2 is 1.61 bits per heavy atom. The van der Waals surface area contributed by atoms with Crippen LogP contribution in [0.5, 0.6) is 0 Å². The molecule has 1 saturated heterocycles. The second-order valence-electron chi connectivity index (χ2n) is 8.89. The Hall–Kier alpha value is -2.99. The van der Waals surface area contributed by atoms with E-state index in [-0.39, 0.29) is 6.03 Å². The number of aromatic nitrogens is 1. The second kappa shape index (κ2) is 9.02. The number of amides is 2. The van der Waals surface area contributed by atoms with Crippen LogP contribution < -0.4 is 15.5 Å². The minimum absolute atomic E-state index is 0.234. The maximum Gasteiger partial charge on any atom is 0.323 e. The van der Waals surface area contributed by atoms with E-state index in [1.54, 1.807) is 0 Å². The Morgan fingerprint density at radius 1 is 0.968 bits per heavy atom. The number of nitrogens with one attached hydrogen (secondary N) is 2. The van der Waals surface area contributed by atoms with Crippen LogP contribution in [0, 0.1) is 0 Å². The van der Waals surface area contributed by atoms with Crippen LogP contribution in [0.15, 0.2) is 54.7 Å². The van der Waals surface area contributed by atoms with E-state index in [1.165, 1.54) is 24.0 Å². The fourth-order valence-electron chi connectivity index (χ4n) is 4.49. The quantitative estimate of drug-likeness (QED) is 0.576. The molecule has 1 aliphatic heterocycles. The maximum atomic E-state index is 12.5. The molecule has 0 bridgehead atoms. The molecule has 3 aromatic rings. The standard InChI is InChI=1S/C25H33N5O/c1-18-5-6-19(2)30(18)23-10-7-21(8-11-23)26-25(31)27-22-9-12-24-20(17-22)13-14-29(24)16-15-28(3)4/h7-14,17-19H,5-6,15-16H2,1-4H3,(H2,26,27,31). The third kappa shape index (κ3) is 4.85. The summed E-state index contributed by atoms with van der Waals surface area (Å²) in [6.07, 6.45) is 4.56. The highest BCUT2D eigenvalue weighted by atomic mass is 16.2. The number of fused-ring (bicyclic) bond motifs is 1. The fourth-order valence-corrected chi connectivity index (χ4v) is 4.49. The summed E-state index contributed by atoms with van der Waals surface area (Å²) < 4.78 is 2.24. The van der Waals surface area contributed by atoms with Gasteiger partial charge in [0.1, 0.15) is 0 Å². The molecular formula is C25H33N5O. The number of anilines is 3. The van der Waals surface area contributed by atoms with Crippen molar-refractivity contribution < 1.29 is 4.79 Å². The average molecular weight is 420 g/mol. The third-order valence-electron chi connectivity index (χ3n) is 6.19. The van der Waals surface area contributed by atoms with Gasteiger partial charge in [-0.3, -0.25) is 0 Å². The van der Waals surface area contributed by atoms with Gasteiger partial charge in [-0.2, -0.15) is 0 Å². The van der Waals surface area contributed by atoms with Crippen LogP contribution in [0.2, 0.25) is 0 Å². The molecule has 0 saturated carbocycles. The minimum Gasteiger partial charge on any atom is -0.366 e. The number of carbonyl (C=O) groups excluding carboxylic acids is 1. The molecule has 6 heteroatoms. The molecule has 1 aromatic heterocycles. The number of urea groups is 1. The summed E-state index contributed by atoms with van der Waals surface area (Å²) in [7, 11) is 4.15. The molecule has 31 heavy (non-hydrogen) atoms. The van der Waals surface area contributed by atoms with Gasteiger partial charge >= 0.3 is 6.03 Å². The molecule has 0 aliphatic carbocycles. The van der Waals surface area contributed by atoms with Crippen LogP contribution >= 0.6 is 0 Å². The van der Waals surface area contributed by atoms with Crippen LogP contribution in [-0.4, -0.2) is 48.2 Å². The Labute approximate surface area is 184 Å². The third-order valence-corrected chi connectivity index (χ3v) is 6.19. The molecule has 164 valence electrons. The summed E-state index contributed by atoms with van der Waals surface area (Å²) in [6.45, 7) is 6.47. The largest absolute Gasteiger partial charge is 0.366 e. The van der Waals surface area contributed by atoms with Gasteiger partial charge < -0.3 is 25.0 Å². The van der Waals surface area contributed by atoms with Crippen molar-refractivity contribution in [1.29, 1.82) is 0 Å². The molecule has 2 unspecified atom stereocenters. The van der Waals surface area contributed by atoms with Gasteiger partial charge in [0.25, 0.3) is 0 Å². The normalized spacial score (nSPS) is 18.7. The highest BCUT2D eigenvalue weighted by Gasteiger charge is 2.27. The van der Waals surface area contributed by atoms with Crippen molar-refractivity contribution in [2.75, 3.05) is 36.2 Å². The molecule has 2 heterocycles. The lowest BCUT2D eigenvalue weighted by atomic mass is 10.2. The fraction of sp³-hybridized carbons (Fsp3) is 0.400. The van der Waals surface area contributed by atoms with Gasteiger partial charge in [0, 0.05) is 59.3 Å². The molecule has 1 fully saturated rings. The maximum absolute atomic E-state index is 12.5. The van der Waals surface area contributed by atoms with Crippen LogP contribution in [0.3, 0.4) is 0 Å². The topological polar surface area (TPSA) is 52.5 Å².